The smallest absolute Gasteiger partial charge is 0.235 e. The number of rotatable bonds is 3. The molecule has 0 N–H and O–H groups in total. The summed E-state index contributed by atoms with van der Waals surface area (Å²) >= 11 is 1.60. The van der Waals surface area contributed by atoms with Crippen molar-refractivity contribution >= 4 is 38.1 Å². The third-order valence-electron chi connectivity index (χ3n) is 10.6. The summed E-state index contributed by atoms with van der Waals surface area (Å²) in [6.45, 7) is 32.8. The number of benzene rings is 2. The first-order valence-electron chi connectivity index (χ1n) is 23.4. The van der Waals surface area contributed by atoms with E-state index in [2.05, 4.69) is 162 Å². The highest BCUT2D eigenvalue weighted by molar-refractivity contribution is 7.17. The zero-order chi connectivity index (χ0) is 48.3. The number of pyridine rings is 2. The van der Waals surface area contributed by atoms with Crippen LogP contribution in [0.4, 0.5) is 0 Å². The maximum atomic E-state index is 5.73. The van der Waals surface area contributed by atoms with Crippen molar-refractivity contribution in [2.24, 2.45) is 10.8 Å². The van der Waals surface area contributed by atoms with E-state index in [9.17, 15) is 0 Å². The lowest BCUT2D eigenvalue weighted by Gasteiger charge is -2.20. The van der Waals surface area contributed by atoms with Crippen LogP contribution in [0.5, 0.6) is 5.88 Å². The molecule has 6 aromatic heterocycles. The molecule has 2 aromatic carbocycles. The Hall–Kier alpha value is -5.54. The number of aromatic nitrogens is 7. The molecule has 6 heterocycles. The molecule has 0 unspecified atom stereocenters. The van der Waals surface area contributed by atoms with E-state index in [1.165, 1.54) is 47.8 Å². The molecular weight excluding hydrogens is 843 g/mol. The zero-order valence-corrected chi connectivity index (χ0v) is 43.3. The van der Waals surface area contributed by atoms with Crippen LogP contribution in [-0.2, 0) is 36.5 Å². The zero-order valence-electron chi connectivity index (χ0n) is 42.5. The van der Waals surface area contributed by atoms with Gasteiger partial charge in [-0.1, -0.05) is 127 Å². The third-order valence-corrected chi connectivity index (χ3v) is 11.5. The highest BCUT2D eigenvalue weighted by atomic mass is 32.1. The van der Waals surface area contributed by atoms with E-state index in [-0.39, 0.29) is 23.9 Å². The average Bonchev–Trinajstić information content (AvgIpc) is 4.02. The number of thiophene rings is 1. The Kier molecular flexibility index (Phi) is 18.5. The summed E-state index contributed by atoms with van der Waals surface area (Å²) in [6, 6.07) is 25.6. The van der Waals surface area contributed by atoms with Crippen LogP contribution in [0, 0.1) is 10.8 Å². The molecule has 0 saturated heterocycles. The Morgan fingerprint density at radius 2 is 1.21 bits per heavy atom. The predicted molar refractivity (Wildman–Crippen MR) is 286 cm³/mol. The normalized spacial score (nSPS) is 12.5. The lowest BCUT2D eigenvalue weighted by atomic mass is 9.85. The van der Waals surface area contributed by atoms with Crippen LogP contribution in [0.3, 0.4) is 0 Å². The Morgan fingerprint density at radius 1 is 0.567 bits per heavy atom. The maximum absolute atomic E-state index is 5.73. The van der Waals surface area contributed by atoms with Gasteiger partial charge in [0.2, 0.25) is 5.88 Å². The van der Waals surface area contributed by atoms with Crippen molar-refractivity contribution in [2.75, 3.05) is 0 Å². The first-order valence-corrected chi connectivity index (χ1v) is 24.2. The lowest BCUT2D eigenvalue weighted by molar-refractivity contribution is 0.126. The molecular formula is C58H79N7OS. The summed E-state index contributed by atoms with van der Waals surface area (Å²) in [4.78, 5) is 25.5. The fourth-order valence-corrected chi connectivity index (χ4v) is 8.06. The van der Waals surface area contributed by atoms with Gasteiger partial charge in [0.15, 0.2) is 5.65 Å². The minimum absolute atomic E-state index is 0. The molecule has 0 bridgehead atoms. The monoisotopic (exact) mass is 922 g/mol. The second-order valence-electron chi connectivity index (χ2n) is 22.6. The Bertz CT molecular complexity index is 2650. The summed E-state index contributed by atoms with van der Waals surface area (Å²) in [6.07, 6.45) is 18.7. The standard InChI is InChI=1S/C13H15N.C13H18.C11H15N3.C10H12N2OS.C10H15N.CH4/c1-13(2,3)11-6-7-12-10(9-11)5-4-8-14-12;1-13(2,3)12-8-7-10-5-4-6-11(10)9-12;1-11(2,3)8-9-10-13-5-7-14(10)6-4-12-9;1-10(2,3)13-9-8-7(4-5-14-8)11-6-12-9;1-10(2,3)8-9-6-4-5-7-11-9;/h4-9H,1-3H3;7-9H,4-6H2,1-3H3;4-7H,8H2,1-3H3;4-6H,1-3H3;4-7H,8H2,1-3H3;1H4. The van der Waals surface area contributed by atoms with Gasteiger partial charge in [-0.05, 0) is 139 Å². The van der Waals surface area contributed by atoms with Gasteiger partial charge < -0.3 is 9.14 Å². The number of hydrogen-bond donors (Lipinski definition) is 0. The summed E-state index contributed by atoms with van der Waals surface area (Å²) in [7, 11) is 0. The van der Waals surface area contributed by atoms with Crippen molar-refractivity contribution in [3.8, 4) is 5.88 Å². The maximum Gasteiger partial charge on any atom is 0.235 e. The molecule has 8 nitrogen and oxygen atoms in total. The van der Waals surface area contributed by atoms with Crippen molar-refractivity contribution in [1.82, 2.24) is 34.3 Å². The predicted octanol–water partition coefficient (Wildman–Crippen LogP) is 15.5. The molecule has 0 atom stereocenters. The SMILES string of the molecule is C.CC(C)(C)Cc1ccccn1.CC(C)(C)Cc1nccn2ccnc12.CC(C)(C)Oc1ncnc2ccsc12.CC(C)(C)c1ccc2c(c1)CCC2.CC(C)(C)c1ccc2ncccc2c1. The van der Waals surface area contributed by atoms with Crippen molar-refractivity contribution in [2.45, 2.75) is 160 Å². The van der Waals surface area contributed by atoms with E-state index in [0.717, 1.165) is 39.9 Å². The van der Waals surface area contributed by atoms with Crippen LogP contribution in [0.15, 0.2) is 122 Å². The molecule has 0 radical (unpaired) electrons. The summed E-state index contributed by atoms with van der Waals surface area (Å²) in [5.41, 5.74) is 12.1. The Balaban J connectivity index is 0.000000183. The van der Waals surface area contributed by atoms with Crippen LogP contribution >= 0.6 is 11.3 Å². The van der Waals surface area contributed by atoms with Gasteiger partial charge >= 0.3 is 0 Å². The minimum Gasteiger partial charge on any atom is -0.471 e. The van der Waals surface area contributed by atoms with Gasteiger partial charge in [-0.3, -0.25) is 15.0 Å². The second-order valence-corrected chi connectivity index (χ2v) is 23.5. The molecule has 0 amide bonds. The number of hydrogen-bond acceptors (Lipinski definition) is 8. The van der Waals surface area contributed by atoms with E-state index in [4.69, 9.17) is 4.74 Å². The van der Waals surface area contributed by atoms with Gasteiger partial charge in [-0.25, -0.2) is 15.0 Å². The van der Waals surface area contributed by atoms with Crippen LogP contribution in [0.2, 0.25) is 0 Å². The number of fused-ring (bicyclic) bond motifs is 4. The van der Waals surface area contributed by atoms with Gasteiger partial charge in [0.1, 0.15) is 16.6 Å². The van der Waals surface area contributed by atoms with Crippen molar-refractivity contribution < 1.29 is 4.74 Å². The largest absolute Gasteiger partial charge is 0.471 e. The molecule has 1 aliphatic rings. The molecule has 0 fully saturated rings. The van der Waals surface area contributed by atoms with E-state index >= 15 is 0 Å². The van der Waals surface area contributed by atoms with Gasteiger partial charge in [0.25, 0.3) is 0 Å². The highest BCUT2D eigenvalue weighted by Crippen LogP contribution is 2.31. The molecule has 9 rings (SSSR count). The molecule has 0 aliphatic heterocycles. The first-order chi connectivity index (χ1) is 30.8. The van der Waals surface area contributed by atoms with Crippen LogP contribution in [0.1, 0.15) is 151 Å². The molecule has 8 aromatic rings. The molecule has 1 aliphatic carbocycles. The fraction of sp³-hybridized carbons (Fsp3) is 0.448. The molecule has 9 heteroatoms. The van der Waals surface area contributed by atoms with Gasteiger partial charge in [0.05, 0.1) is 16.7 Å². The van der Waals surface area contributed by atoms with Crippen LogP contribution in [0.25, 0.3) is 26.8 Å². The fourth-order valence-electron chi connectivity index (χ4n) is 7.29. The van der Waals surface area contributed by atoms with Crippen molar-refractivity contribution in [1.29, 1.82) is 0 Å². The number of ether oxygens (including phenoxy) is 1. The minimum atomic E-state index is -0.217. The third kappa shape index (κ3) is 17.6. The highest BCUT2D eigenvalue weighted by Gasteiger charge is 2.19. The second kappa shape index (κ2) is 23.0. The van der Waals surface area contributed by atoms with Crippen LogP contribution < -0.4 is 4.74 Å². The van der Waals surface area contributed by atoms with Gasteiger partial charge in [0, 0.05) is 48.3 Å². The Labute approximate surface area is 407 Å². The van der Waals surface area contributed by atoms with Gasteiger partial charge in [-0.2, -0.15) is 0 Å². The molecule has 0 spiro atoms. The quantitative estimate of drug-likeness (QED) is 0.174. The topological polar surface area (TPSA) is 91.0 Å². The van der Waals surface area contributed by atoms with E-state index in [0.29, 0.717) is 16.7 Å². The first kappa shape index (κ1) is 54.1. The summed E-state index contributed by atoms with van der Waals surface area (Å²) in [5.74, 6) is 0.678. The van der Waals surface area contributed by atoms with Crippen molar-refractivity contribution in [3.63, 3.8) is 0 Å². The number of aryl methyl sites for hydroxylation is 2. The molecule has 358 valence electrons. The average molecular weight is 922 g/mol. The molecule has 0 saturated carbocycles. The number of nitrogens with zero attached hydrogens (tertiary/aromatic N) is 7. The lowest BCUT2D eigenvalue weighted by Crippen LogP contribution is -2.23. The Morgan fingerprint density at radius 3 is 1.85 bits per heavy atom. The van der Waals surface area contributed by atoms with Crippen molar-refractivity contribution in [3.05, 3.63) is 155 Å². The number of imidazole rings is 1. The van der Waals surface area contributed by atoms with E-state index in [1.807, 2.05) is 92.0 Å². The molecule has 67 heavy (non-hydrogen) atoms. The van der Waals surface area contributed by atoms with E-state index in [1.54, 1.807) is 22.5 Å². The summed E-state index contributed by atoms with van der Waals surface area (Å²) in [5, 5.41) is 3.22. The van der Waals surface area contributed by atoms with E-state index < -0.39 is 0 Å². The van der Waals surface area contributed by atoms with Gasteiger partial charge in [-0.15, -0.1) is 11.3 Å². The summed E-state index contributed by atoms with van der Waals surface area (Å²) < 4.78 is 8.76. The van der Waals surface area contributed by atoms with Crippen LogP contribution in [-0.4, -0.2) is 39.9 Å².